The fourth-order valence-corrected chi connectivity index (χ4v) is 4.74. The number of hydrogen-bond acceptors (Lipinski definition) is 4. The van der Waals surface area contributed by atoms with Gasteiger partial charge in [-0.05, 0) is 47.5 Å². The third-order valence-corrected chi connectivity index (χ3v) is 5.87. The van der Waals surface area contributed by atoms with Gasteiger partial charge >= 0.3 is 18.9 Å². The zero-order valence-corrected chi connectivity index (χ0v) is 14.4. The summed E-state index contributed by atoms with van der Waals surface area (Å²) < 4.78 is 49.2. The predicted octanol–water partition coefficient (Wildman–Crippen LogP) is -0.226. The van der Waals surface area contributed by atoms with E-state index in [9.17, 15) is 17.2 Å². The van der Waals surface area contributed by atoms with E-state index in [1.54, 1.807) is 18.2 Å². The van der Waals surface area contributed by atoms with Gasteiger partial charge in [-0.1, -0.05) is 29.8 Å². The van der Waals surface area contributed by atoms with E-state index in [1.807, 2.05) is 0 Å². The number of benzene rings is 2. The number of halogens is 1. The van der Waals surface area contributed by atoms with Crippen molar-refractivity contribution in [1.82, 2.24) is 3.97 Å². The largest absolute Gasteiger partial charge is 1.00 e. The van der Waals surface area contributed by atoms with E-state index in [-0.39, 0.29) is 34.3 Å². The molecule has 1 atom stereocenters. The van der Waals surface area contributed by atoms with Crippen LogP contribution in [0.15, 0.2) is 64.5 Å². The van der Waals surface area contributed by atoms with Crippen LogP contribution in [0.2, 0.25) is 5.02 Å². The summed E-state index contributed by atoms with van der Waals surface area (Å²) in [5.74, 6) is 0. The molecule has 3 rings (SSSR count). The molecule has 0 radical (unpaired) electrons. The summed E-state index contributed by atoms with van der Waals surface area (Å²) in [5.41, 5.74) is 0.257. The summed E-state index contributed by atoms with van der Waals surface area (Å²) >= 11 is 3.17. The molecular formula is C14H9ClLiNO4S2. The van der Waals surface area contributed by atoms with Gasteiger partial charge in [0.05, 0.1) is 10.4 Å². The van der Waals surface area contributed by atoms with Gasteiger partial charge in [0.25, 0.3) is 10.0 Å². The molecule has 0 amide bonds. The summed E-state index contributed by atoms with van der Waals surface area (Å²) in [7, 11) is -4.03. The standard InChI is InChI=1S/C14H10ClNO4S2.Li/c15-11-6-7-13-10(8-11)9-14(21(17)18)16(13)22(19,20)12-4-2-1-3-5-12;/h1-9H,(H,17,18);/q;+1/p-1. The summed E-state index contributed by atoms with van der Waals surface area (Å²) in [6.07, 6.45) is 0. The van der Waals surface area contributed by atoms with Crippen molar-refractivity contribution in [3.8, 4) is 0 Å². The molecular weight excluding hydrogens is 353 g/mol. The van der Waals surface area contributed by atoms with Crippen LogP contribution in [0.25, 0.3) is 10.9 Å². The molecule has 0 fully saturated rings. The van der Waals surface area contributed by atoms with Crippen LogP contribution < -0.4 is 18.9 Å². The average Bonchev–Trinajstić information content (AvgIpc) is 2.87. The van der Waals surface area contributed by atoms with E-state index in [0.717, 1.165) is 3.97 Å². The molecule has 0 saturated carbocycles. The summed E-state index contributed by atoms with van der Waals surface area (Å²) in [6, 6.07) is 13.4. The second-order valence-corrected chi connectivity index (χ2v) is 7.61. The number of nitrogens with zero attached hydrogens (tertiary/aromatic N) is 1. The van der Waals surface area contributed by atoms with E-state index in [0.29, 0.717) is 10.4 Å². The van der Waals surface area contributed by atoms with Gasteiger partial charge in [-0.15, -0.1) is 0 Å². The topological polar surface area (TPSA) is 79.2 Å². The zero-order chi connectivity index (χ0) is 15.9. The van der Waals surface area contributed by atoms with Crippen molar-refractivity contribution in [3.63, 3.8) is 0 Å². The second kappa shape index (κ2) is 6.81. The van der Waals surface area contributed by atoms with Crippen LogP contribution >= 0.6 is 11.6 Å². The Balaban J connectivity index is 0.00000192. The quantitative estimate of drug-likeness (QED) is 0.477. The normalized spacial score (nSPS) is 12.8. The Labute approximate surface area is 152 Å². The molecule has 0 spiro atoms. The van der Waals surface area contributed by atoms with Gasteiger partial charge in [-0.25, -0.2) is 12.4 Å². The summed E-state index contributed by atoms with van der Waals surface area (Å²) in [6.45, 7) is 0. The molecule has 1 heterocycles. The van der Waals surface area contributed by atoms with Gasteiger partial charge in [-0.3, -0.25) is 4.21 Å². The minimum absolute atomic E-state index is 0. The Hall–Kier alpha value is -1.07. The molecule has 0 saturated heterocycles. The third-order valence-electron chi connectivity index (χ3n) is 3.14. The SMILES string of the molecule is O=S([O-])c1cc2cc(Cl)ccc2n1S(=O)(=O)c1ccccc1.[Li+]. The predicted molar refractivity (Wildman–Crippen MR) is 83.2 cm³/mol. The van der Waals surface area contributed by atoms with Crippen LogP contribution in [-0.4, -0.2) is 21.2 Å². The molecule has 0 aliphatic heterocycles. The van der Waals surface area contributed by atoms with Crippen molar-refractivity contribution < 1.29 is 36.0 Å². The summed E-state index contributed by atoms with van der Waals surface area (Å²) in [5, 5.41) is 0.498. The van der Waals surface area contributed by atoms with Crippen molar-refractivity contribution in [1.29, 1.82) is 0 Å². The molecule has 23 heavy (non-hydrogen) atoms. The monoisotopic (exact) mass is 361 g/mol. The molecule has 1 unspecified atom stereocenters. The van der Waals surface area contributed by atoms with Gasteiger partial charge in [0, 0.05) is 10.4 Å². The first-order chi connectivity index (χ1) is 10.4. The van der Waals surface area contributed by atoms with Crippen LogP contribution in [-0.2, 0) is 21.1 Å². The van der Waals surface area contributed by atoms with Crippen LogP contribution in [0.5, 0.6) is 0 Å². The fraction of sp³-hybridized carbons (Fsp3) is 0. The minimum atomic E-state index is -4.03. The Bertz CT molecular complexity index is 987. The van der Waals surface area contributed by atoms with Gasteiger partial charge in [0.15, 0.2) is 0 Å². The Kier molecular flexibility index (Phi) is 5.41. The molecule has 0 bridgehead atoms. The molecule has 0 aliphatic carbocycles. The number of rotatable bonds is 3. The maximum atomic E-state index is 12.8. The molecule has 1 aromatic heterocycles. The number of hydrogen-bond donors (Lipinski definition) is 0. The first-order valence-corrected chi connectivity index (χ1v) is 9.01. The Morgan fingerprint density at radius 1 is 1.04 bits per heavy atom. The Morgan fingerprint density at radius 2 is 1.70 bits per heavy atom. The molecule has 3 aromatic rings. The zero-order valence-electron chi connectivity index (χ0n) is 12.0. The van der Waals surface area contributed by atoms with Crippen LogP contribution in [0.1, 0.15) is 0 Å². The van der Waals surface area contributed by atoms with Crippen molar-refractivity contribution in [2.45, 2.75) is 9.92 Å². The van der Waals surface area contributed by atoms with E-state index in [1.165, 1.54) is 36.4 Å². The van der Waals surface area contributed by atoms with Crippen molar-refractivity contribution in [2.24, 2.45) is 0 Å². The van der Waals surface area contributed by atoms with Gasteiger partial charge < -0.3 is 4.55 Å². The molecule has 0 aliphatic rings. The molecule has 2 aromatic carbocycles. The van der Waals surface area contributed by atoms with Crippen molar-refractivity contribution in [3.05, 3.63) is 59.6 Å². The second-order valence-electron chi connectivity index (χ2n) is 4.50. The van der Waals surface area contributed by atoms with E-state index >= 15 is 0 Å². The minimum Gasteiger partial charge on any atom is -0.767 e. The number of fused-ring (bicyclic) bond motifs is 1. The van der Waals surface area contributed by atoms with Gasteiger partial charge in [0.2, 0.25) is 0 Å². The molecule has 9 heteroatoms. The summed E-state index contributed by atoms with van der Waals surface area (Å²) in [4.78, 5) is 0.00847. The maximum absolute atomic E-state index is 12.8. The van der Waals surface area contributed by atoms with Gasteiger partial charge in [-0.2, -0.15) is 0 Å². The van der Waals surface area contributed by atoms with Gasteiger partial charge in [0.1, 0.15) is 5.03 Å². The van der Waals surface area contributed by atoms with Crippen molar-refractivity contribution in [2.75, 3.05) is 0 Å². The third kappa shape index (κ3) is 3.26. The first-order valence-electron chi connectivity index (χ1n) is 6.12. The van der Waals surface area contributed by atoms with E-state index in [2.05, 4.69) is 0 Å². The molecule has 114 valence electrons. The van der Waals surface area contributed by atoms with Crippen LogP contribution in [0.3, 0.4) is 0 Å². The number of aromatic nitrogens is 1. The van der Waals surface area contributed by atoms with E-state index in [4.69, 9.17) is 11.6 Å². The average molecular weight is 362 g/mol. The first kappa shape index (κ1) is 18.3. The van der Waals surface area contributed by atoms with E-state index < -0.39 is 21.1 Å². The molecule has 5 nitrogen and oxygen atoms in total. The van der Waals surface area contributed by atoms with Crippen LogP contribution in [0.4, 0.5) is 0 Å². The maximum Gasteiger partial charge on any atom is 1.00 e. The molecule has 0 N–H and O–H groups in total. The van der Waals surface area contributed by atoms with Crippen LogP contribution in [0, 0.1) is 0 Å². The Morgan fingerprint density at radius 3 is 2.30 bits per heavy atom. The van der Waals surface area contributed by atoms with Crippen molar-refractivity contribution >= 4 is 43.6 Å². The smallest absolute Gasteiger partial charge is 0.767 e. The fourth-order valence-electron chi connectivity index (χ4n) is 2.20.